The van der Waals surface area contributed by atoms with Gasteiger partial charge >= 0.3 is 11.9 Å². The average molecular weight is 911 g/mol. The van der Waals surface area contributed by atoms with E-state index < -0.39 is 6.10 Å². The van der Waals surface area contributed by atoms with Crippen LogP contribution >= 0.6 is 0 Å². The zero-order valence-electron chi connectivity index (χ0n) is 42.4. The smallest absolute Gasteiger partial charge is 0.306 e. The van der Waals surface area contributed by atoms with Crippen LogP contribution in [0.15, 0.2) is 134 Å². The molecule has 0 amide bonds. The second kappa shape index (κ2) is 55.4. The number of unbranched alkanes of at least 4 members (excludes halogenated alkanes) is 17. The maximum Gasteiger partial charge on any atom is 0.306 e. The first-order valence-electron chi connectivity index (χ1n) is 26.7. The first-order valence-corrected chi connectivity index (χ1v) is 26.7. The Morgan fingerprint density at radius 3 is 1.02 bits per heavy atom. The van der Waals surface area contributed by atoms with E-state index in [2.05, 4.69) is 148 Å². The van der Waals surface area contributed by atoms with Gasteiger partial charge in [-0.25, -0.2) is 0 Å². The Kier molecular flexibility index (Phi) is 52.0. The Labute approximate surface area is 406 Å². The number of aliphatic hydroxyl groups excluding tert-OH is 1. The molecule has 5 heteroatoms. The molecule has 0 aromatic heterocycles. The maximum atomic E-state index is 12.3. The summed E-state index contributed by atoms with van der Waals surface area (Å²) in [5, 5.41) is 9.63. The summed E-state index contributed by atoms with van der Waals surface area (Å²) in [6, 6.07) is 0. The summed E-state index contributed by atoms with van der Waals surface area (Å²) in [6.45, 7) is 3.97. The highest BCUT2D eigenvalue weighted by atomic mass is 16.6. The van der Waals surface area contributed by atoms with Crippen LogP contribution in [0.4, 0.5) is 0 Å². The first-order chi connectivity index (χ1) is 32.6. The molecular weight excluding hydrogens is 813 g/mol. The third-order valence-electron chi connectivity index (χ3n) is 10.9. The summed E-state index contributed by atoms with van der Waals surface area (Å²) in [5.41, 5.74) is 0. The van der Waals surface area contributed by atoms with Crippen molar-refractivity contribution in [3.63, 3.8) is 0 Å². The van der Waals surface area contributed by atoms with Gasteiger partial charge < -0.3 is 14.6 Å². The fraction of sp³-hybridized carbons (Fsp3) is 0.607. The van der Waals surface area contributed by atoms with E-state index >= 15 is 0 Å². The lowest BCUT2D eigenvalue weighted by molar-refractivity contribution is -0.161. The van der Waals surface area contributed by atoms with Crippen LogP contribution in [0, 0.1) is 0 Å². The Morgan fingerprint density at radius 1 is 0.364 bits per heavy atom. The van der Waals surface area contributed by atoms with Gasteiger partial charge in [0.25, 0.3) is 0 Å². The Morgan fingerprint density at radius 2 is 0.652 bits per heavy atom. The summed E-state index contributed by atoms with van der Waals surface area (Å²) in [5.74, 6) is -0.655. The zero-order chi connectivity index (χ0) is 47.7. The van der Waals surface area contributed by atoms with Gasteiger partial charge in [-0.2, -0.15) is 0 Å². The lowest BCUT2D eigenvalue weighted by Crippen LogP contribution is -2.28. The summed E-state index contributed by atoms with van der Waals surface area (Å²) in [4.78, 5) is 24.5. The molecule has 5 nitrogen and oxygen atoms in total. The zero-order valence-corrected chi connectivity index (χ0v) is 42.4. The first kappa shape index (κ1) is 62.0. The van der Waals surface area contributed by atoms with Crippen molar-refractivity contribution in [1.82, 2.24) is 0 Å². The summed E-state index contributed by atoms with van der Waals surface area (Å²) >= 11 is 0. The number of hydrogen-bond donors (Lipinski definition) is 1. The summed E-state index contributed by atoms with van der Waals surface area (Å²) in [6.07, 6.45) is 82.6. The van der Waals surface area contributed by atoms with E-state index in [0.717, 1.165) is 96.3 Å². The topological polar surface area (TPSA) is 72.8 Å². The monoisotopic (exact) mass is 911 g/mol. The molecule has 66 heavy (non-hydrogen) atoms. The second-order valence-corrected chi connectivity index (χ2v) is 17.2. The molecule has 1 unspecified atom stereocenters. The standard InChI is InChI=1S/C61H98O5/c1-3-5-7-9-11-13-15-17-19-21-23-25-27-29-30-32-34-36-38-40-42-44-46-48-50-52-54-56-61(64)66-59(57-62)58-65-60(63)55-53-51-49-47-45-43-41-39-37-35-33-31-28-26-24-22-20-18-16-14-12-10-8-6-4-2/h5,7,11,13,16-19,22-25,28-31,34,36,40,42,46,48,59,62H,3-4,6,8-10,12,14-15,20-21,26-27,32-33,35,37-39,41,43-45,47,49-58H2,1-2H3/b7-5-,13-11-,18-16-,19-17-,24-22-,25-23-,30-29-,31-28-,36-34-,42-40-,48-46-. The molecule has 0 aliphatic rings. The van der Waals surface area contributed by atoms with Crippen molar-refractivity contribution in [2.24, 2.45) is 0 Å². The molecule has 0 spiro atoms. The number of aliphatic hydroxyl groups is 1. The lowest BCUT2D eigenvalue weighted by atomic mass is 10.1. The molecule has 372 valence electrons. The van der Waals surface area contributed by atoms with E-state index in [0.29, 0.717) is 12.8 Å². The summed E-state index contributed by atoms with van der Waals surface area (Å²) < 4.78 is 10.7. The number of hydrogen-bond acceptors (Lipinski definition) is 5. The molecule has 1 N–H and O–H groups in total. The highest BCUT2D eigenvalue weighted by Gasteiger charge is 2.16. The van der Waals surface area contributed by atoms with Crippen molar-refractivity contribution in [2.45, 2.75) is 225 Å². The Balaban J connectivity index is 3.66. The van der Waals surface area contributed by atoms with Gasteiger partial charge in [-0.1, -0.05) is 225 Å². The highest BCUT2D eigenvalue weighted by Crippen LogP contribution is 2.13. The molecule has 0 bridgehead atoms. The molecule has 0 saturated heterocycles. The predicted octanol–water partition coefficient (Wildman–Crippen LogP) is 18.1. The molecule has 0 heterocycles. The van der Waals surface area contributed by atoms with Gasteiger partial charge in [0.15, 0.2) is 6.10 Å². The number of ether oxygens (including phenoxy) is 2. The SMILES string of the molecule is CC/C=C\C/C=C\C/C=C\C/C=C\C/C=C\C/C=C\C/C=C\C/C=C\CCCCC(=O)OC(CO)COC(=O)CCCCCCCCCCCC/C=C\C/C=C\C/C=C\CCCCCCC. The van der Waals surface area contributed by atoms with Crippen molar-refractivity contribution in [1.29, 1.82) is 0 Å². The minimum Gasteiger partial charge on any atom is -0.462 e. The fourth-order valence-corrected chi connectivity index (χ4v) is 6.93. The Bertz CT molecular complexity index is 1400. The molecule has 0 aliphatic heterocycles. The molecule has 1 atom stereocenters. The van der Waals surface area contributed by atoms with E-state index in [1.54, 1.807) is 0 Å². The van der Waals surface area contributed by atoms with E-state index in [1.165, 1.54) is 89.9 Å². The van der Waals surface area contributed by atoms with Crippen LogP contribution in [0.2, 0.25) is 0 Å². The molecule has 0 saturated carbocycles. The summed E-state index contributed by atoms with van der Waals surface area (Å²) in [7, 11) is 0. The number of rotatable bonds is 47. The van der Waals surface area contributed by atoms with Gasteiger partial charge in [0, 0.05) is 12.8 Å². The number of carbonyl (C=O) groups excluding carboxylic acids is 2. The highest BCUT2D eigenvalue weighted by molar-refractivity contribution is 5.70. The minimum atomic E-state index is -0.808. The van der Waals surface area contributed by atoms with Gasteiger partial charge in [0.1, 0.15) is 6.61 Å². The number of carbonyl (C=O) groups is 2. The number of allylic oxidation sites excluding steroid dienone is 22. The van der Waals surface area contributed by atoms with Crippen LogP contribution < -0.4 is 0 Å². The van der Waals surface area contributed by atoms with Gasteiger partial charge in [0.05, 0.1) is 6.61 Å². The average Bonchev–Trinajstić information content (AvgIpc) is 3.32. The van der Waals surface area contributed by atoms with Gasteiger partial charge in [0.2, 0.25) is 0 Å². The largest absolute Gasteiger partial charge is 0.462 e. The molecule has 0 aliphatic carbocycles. The van der Waals surface area contributed by atoms with E-state index in [4.69, 9.17) is 9.47 Å². The van der Waals surface area contributed by atoms with Gasteiger partial charge in [-0.05, 0) is 116 Å². The predicted molar refractivity (Wildman–Crippen MR) is 288 cm³/mol. The molecular formula is C61H98O5. The van der Waals surface area contributed by atoms with E-state index in [9.17, 15) is 14.7 Å². The van der Waals surface area contributed by atoms with Crippen LogP contribution in [-0.2, 0) is 19.1 Å². The molecule has 0 aromatic carbocycles. The van der Waals surface area contributed by atoms with Crippen LogP contribution in [0.25, 0.3) is 0 Å². The van der Waals surface area contributed by atoms with E-state index in [-0.39, 0.29) is 31.6 Å². The van der Waals surface area contributed by atoms with Crippen molar-refractivity contribution in [3.8, 4) is 0 Å². The number of esters is 2. The van der Waals surface area contributed by atoms with Gasteiger partial charge in [-0.15, -0.1) is 0 Å². The quantitative estimate of drug-likeness (QED) is 0.0374. The molecule has 0 aromatic rings. The van der Waals surface area contributed by atoms with Crippen LogP contribution in [0.5, 0.6) is 0 Å². The molecule has 0 fully saturated rings. The Hall–Kier alpha value is -3.96. The van der Waals surface area contributed by atoms with Crippen LogP contribution in [0.3, 0.4) is 0 Å². The lowest BCUT2D eigenvalue weighted by Gasteiger charge is -2.15. The van der Waals surface area contributed by atoms with Crippen molar-refractivity contribution in [3.05, 3.63) is 134 Å². The van der Waals surface area contributed by atoms with Gasteiger partial charge in [-0.3, -0.25) is 9.59 Å². The molecule has 0 radical (unpaired) electrons. The normalized spacial score (nSPS) is 13.3. The minimum absolute atomic E-state index is 0.0947. The molecule has 0 rings (SSSR count). The fourth-order valence-electron chi connectivity index (χ4n) is 6.93. The third-order valence-corrected chi connectivity index (χ3v) is 10.9. The second-order valence-electron chi connectivity index (χ2n) is 17.2. The van der Waals surface area contributed by atoms with Crippen molar-refractivity contribution in [2.75, 3.05) is 13.2 Å². The van der Waals surface area contributed by atoms with Crippen LogP contribution in [0.1, 0.15) is 219 Å². The van der Waals surface area contributed by atoms with E-state index in [1.807, 2.05) is 0 Å². The van der Waals surface area contributed by atoms with Crippen molar-refractivity contribution < 1.29 is 24.2 Å². The maximum absolute atomic E-state index is 12.3. The van der Waals surface area contributed by atoms with Crippen LogP contribution in [-0.4, -0.2) is 36.4 Å². The third kappa shape index (κ3) is 52.7. The van der Waals surface area contributed by atoms with Crippen molar-refractivity contribution >= 4 is 11.9 Å².